The molecular weight excluding hydrogens is 210 g/mol. The van der Waals surface area contributed by atoms with E-state index in [2.05, 4.69) is 18.3 Å². The first-order valence-corrected chi connectivity index (χ1v) is 7.37. The second-order valence-corrected chi connectivity index (χ2v) is 6.24. The second kappa shape index (κ2) is 5.01. The average molecular weight is 235 g/mol. The normalized spacial score (nSPS) is 41.5. The monoisotopic (exact) mass is 235 g/mol. The van der Waals surface area contributed by atoms with Crippen molar-refractivity contribution < 1.29 is 4.74 Å². The molecule has 2 saturated carbocycles. The van der Waals surface area contributed by atoms with Crippen molar-refractivity contribution in [1.82, 2.24) is 5.32 Å². The molecule has 0 aromatic carbocycles. The quantitative estimate of drug-likeness (QED) is 0.808. The third kappa shape index (κ3) is 2.52. The van der Waals surface area contributed by atoms with Crippen molar-refractivity contribution in [3.05, 3.63) is 12.3 Å². The number of fused-ring (bicyclic) bond motifs is 2. The molecule has 0 saturated heterocycles. The number of nitrogens with one attached hydrogen (secondary N) is 1. The molecule has 5 unspecified atom stereocenters. The van der Waals surface area contributed by atoms with E-state index in [1.54, 1.807) is 0 Å². The standard InChI is InChI=1S/C15H25NO/c1-11(15-9-12-5-6-13(15)8-12)16-10-14-4-2-3-7-17-14/h3,7,11-16H,2,4-6,8-10H2,1H3. The Labute approximate surface area is 105 Å². The fraction of sp³-hybridized carbons (Fsp3) is 0.867. The molecule has 0 aromatic heterocycles. The molecule has 2 aliphatic carbocycles. The predicted octanol–water partition coefficient (Wildman–Crippen LogP) is 3.09. The van der Waals surface area contributed by atoms with E-state index < -0.39 is 0 Å². The Morgan fingerprint density at radius 3 is 2.88 bits per heavy atom. The Morgan fingerprint density at radius 2 is 2.24 bits per heavy atom. The lowest BCUT2D eigenvalue weighted by atomic mass is 9.84. The molecule has 1 aliphatic heterocycles. The molecule has 2 nitrogen and oxygen atoms in total. The summed E-state index contributed by atoms with van der Waals surface area (Å²) in [6.07, 6.45) is 12.7. The van der Waals surface area contributed by atoms with Crippen LogP contribution in [0.15, 0.2) is 12.3 Å². The molecule has 17 heavy (non-hydrogen) atoms. The Morgan fingerprint density at radius 1 is 1.29 bits per heavy atom. The molecule has 5 atom stereocenters. The Hall–Kier alpha value is -0.500. The third-order valence-corrected chi connectivity index (χ3v) is 5.13. The summed E-state index contributed by atoms with van der Waals surface area (Å²) in [6.45, 7) is 3.41. The first kappa shape index (κ1) is 11.6. The molecule has 2 fully saturated rings. The van der Waals surface area contributed by atoms with E-state index in [-0.39, 0.29) is 0 Å². The first-order chi connectivity index (χ1) is 8.33. The van der Waals surface area contributed by atoms with Crippen molar-refractivity contribution in [3.8, 4) is 0 Å². The van der Waals surface area contributed by atoms with Gasteiger partial charge in [-0.2, -0.15) is 0 Å². The van der Waals surface area contributed by atoms with E-state index in [1.807, 2.05) is 6.26 Å². The number of hydrogen-bond acceptors (Lipinski definition) is 2. The molecule has 2 bridgehead atoms. The Bertz CT molecular complexity index is 289. The van der Waals surface area contributed by atoms with Gasteiger partial charge >= 0.3 is 0 Å². The van der Waals surface area contributed by atoms with Crippen LogP contribution in [0.2, 0.25) is 0 Å². The SMILES string of the molecule is CC(NCC1CCC=CO1)C1CC2CCC1C2. The van der Waals surface area contributed by atoms with Gasteiger partial charge in [0.25, 0.3) is 0 Å². The van der Waals surface area contributed by atoms with Crippen molar-refractivity contribution >= 4 is 0 Å². The minimum Gasteiger partial charge on any atom is -0.497 e. The zero-order valence-electron chi connectivity index (χ0n) is 10.9. The Balaban J connectivity index is 1.44. The maximum atomic E-state index is 5.61. The zero-order chi connectivity index (χ0) is 11.7. The summed E-state index contributed by atoms with van der Waals surface area (Å²) in [5, 5.41) is 3.72. The molecule has 0 amide bonds. The van der Waals surface area contributed by atoms with Gasteiger partial charge in [0.15, 0.2) is 0 Å². The van der Waals surface area contributed by atoms with Gasteiger partial charge in [0.2, 0.25) is 0 Å². The van der Waals surface area contributed by atoms with Crippen LogP contribution in [-0.2, 0) is 4.74 Å². The van der Waals surface area contributed by atoms with Crippen LogP contribution in [0.1, 0.15) is 45.4 Å². The zero-order valence-corrected chi connectivity index (χ0v) is 10.9. The van der Waals surface area contributed by atoms with Crippen molar-refractivity contribution in [2.24, 2.45) is 17.8 Å². The second-order valence-electron chi connectivity index (χ2n) is 6.24. The average Bonchev–Trinajstić information content (AvgIpc) is 2.99. The summed E-state index contributed by atoms with van der Waals surface area (Å²) in [4.78, 5) is 0. The van der Waals surface area contributed by atoms with E-state index in [1.165, 1.54) is 38.5 Å². The molecule has 0 spiro atoms. The molecular formula is C15H25NO. The number of ether oxygens (including phenoxy) is 1. The first-order valence-electron chi connectivity index (χ1n) is 7.37. The third-order valence-electron chi connectivity index (χ3n) is 5.13. The van der Waals surface area contributed by atoms with E-state index >= 15 is 0 Å². The number of hydrogen-bond donors (Lipinski definition) is 1. The maximum absolute atomic E-state index is 5.61. The lowest BCUT2D eigenvalue weighted by Crippen LogP contribution is -2.41. The van der Waals surface area contributed by atoms with Crippen LogP contribution in [0.3, 0.4) is 0 Å². The van der Waals surface area contributed by atoms with E-state index in [0.717, 1.165) is 24.3 Å². The molecule has 2 heteroatoms. The summed E-state index contributed by atoms with van der Waals surface area (Å²) in [5.74, 6) is 3.02. The summed E-state index contributed by atoms with van der Waals surface area (Å²) in [7, 11) is 0. The molecule has 3 aliphatic rings. The van der Waals surface area contributed by atoms with Gasteiger partial charge in [-0.25, -0.2) is 0 Å². The van der Waals surface area contributed by atoms with Gasteiger partial charge in [0, 0.05) is 12.6 Å². The molecule has 3 rings (SSSR count). The highest BCUT2D eigenvalue weighted by Crippen LogP contribution is 2.49. The highest BCUT2D eigenvalue weighted by molar-refractivity contribution is 4.94. The smallest absolute Gasteiger partial charge is 0.110 e. The van der Waals surface area contributed by atoms with Crippen LogP contribution >= 0.6 is 0 Å². The van der Waals surface area contributed by atoms with Crippen LogP contribution < -0.4 is 5.32 Å². The summed E-state index contributed by atoms with van der Waals surface area (Å²) >= 11 is 0. The van der Waals surface area contributed by atoms with Crippen molar-refractivity contribution in [1.29, 1.82) is 0 Å². The van der Waals surface area contributed by atoms with Crippen LogP contribution in [0.4, 0.5) is 0 Å². The summed E-state index contributed by atoms with van der Waals surface area (Å²) < 4.78 is 5.61. The van der Waals surface area contributed by atoms with Crippen LogP contribution in [-0.4, -0.2) is 18.7 Å². The van der Waals surface area contributed by atoms with Crippen LogP contribution in [0, 0.1) is 17.8 Å². The van der Waals surface area contributed by atoms with Gasteiger partial charge in [-0.05, 0) is 62.9 Å². The molecule has 1 N–H and O–H groups in total. The van der Waals surface area contributed by atoms with E-state index in [0.29, 0.717) is 12.1 Å². The van der Waals surface area contributed by atoms with Gasteiger partial charge in [0.1, 0.15) is 6.10 Å². The summed E-state index contributed by atoms with van der Waals surface area (Å²) in [6, 6.07) is 0.680. The van der Waals surface area contributed by atoms with Crippen LogP contribution in [0.25, 0.3) is 0 Å². The molecule has 0 radical (unpaired) electrons. The van der Waals surface area contributed by atoms with E-state index in [4.69, 9.17) is 4.74 Å². The topological polar surface area (TPSA) is 21.3 Å². The minimum absolute atomic E-state index is 0.404. The minimum atomic E-state index is 0.404. The highest BCUT2D eigenvalue weighted by Gasteiger charge is 2.41. The fourth-order valence-electron chi connectivity index (χ4n) is 4.11. The Kier molecular flexibility index (Phi) is 3.41. The van der Waals surface area contributed by atoms with Crippen molar-refractivity contribution in [2.75, 3.05) is 6.54 Å². The molecule has 1 heterocycles. The lowest BCUT2D eigenvalue weighted by Gasteiger charge is -2.30. The molecule has 0 aromatic rings. The van der Waals surface area contributed by atoms with Crippen LogP contribution in [0.5, 0.6) is 0 Å². The van der Waals surface area contributed by atoms with Gasteiger partial charge in [-0.15, -0.1) is 0 Å². The predicted molar refractivity (Wildman–Crippen MR) is 69.6 cm³/mol. The number of allylic oxidation sites excluding steroid dienone is 1. The van der Waals surface area contributed by atoms with Crippen molar-refractivity contribution in [3.63, 3.8) is 0 Å². The lowest BCUT2D eigenvalue weighted by molar-refractivity contribution is 0.114. The fourth-order valence-corrected chi connectivity index (χ4v) is 4.11. The largest absolute Gasteiger partial charge is 0.497 e. The maximum Gasteiger partial charge on any atom is 0.110 e. The molecule has 96 valence electrons. The van der Waals surface area contributed by atoms with Crippen molar-refractivity contribution in [2.45, 2.75) is 57.6 Å². The number of rotatable bonds is 4. The van der Waals surface area contributed by atoms with Gasteiger partial charge in [-0.1, -0.05) is 6.42 Å². The highest BCUT2D eigenvalue weighted by atomic mass is 16.5. The van der Waals surface area contributed by atoms with Gasteiger partial charge < -0.3 is 10.1 Å². The summed E-state index contributed by atoms with van der Waals surface area (Å²) in [5.41, 5.74) is 0. The van der Waals surface area contributed by atoms with E-state index in [9.17, 15) is 0 Å². The van der Waals surface area contributed by atoms with Gasteiger partial charge in [-0.3, -0.25) is 0 Å². The van der Waals surface area contributed by atoms with Gasteiger partial charge in [0.05, 0.1) is 6.26 Å².